The Balaban J connectivity index is 3.87. The lowest BCUT2D eigenvalue weighted by molar-refractivity contribution is 0.0708. The van der Waals surface area contributed by atoms with Gasteiger partial charge in [0.25, 0.3) is 0 Å². The fourth-order valence-electron chi connectivity index (χ4n) is 2.36. The van der Waals surface area contributed by atoms with E-state index in [2.05, 4.69) is 10.6 Å². The molecule has 24 heavy (non-hydrogen) atoms. The molecular formula is C16H36N2O5Si. The first kappa shape index (κ1) is 23.3. The lowest BCUT2D eigenvalue weighted by atomic mass is 10.2. The molecule has 0 spiro atoms. The van der Waals surface area contributed by atoms with Crippen LogP contribution in [0, 0.1) is 0 Å². The SMILES string of the molecule is CCO[Si](CCCNC(=O)NCCCCCCO)(OCC)OCC. The number of rotatable bonds is 16. The number of hydrogen-bond acceptors (Lipinski definition) is 5. The van der Waals surface area contributed by atoms with Gasteiger partial charge in [0.15, 0.2) is 0 Å². The molecule has 0 aliphatic carbocycles. The van der Waals surface area contributed by atoms with E-state index in [-0.39, 0.29) is 12.6 Å². The lowest BCUT2D eigenvalue weighted by Gasteiger charge is -2.28. The molecule has 0 aromatic heterocycles. The van der Waals surface area contributed by atoms with Gasteiger partial charge < -0.3 is 29.0 Å². The molecule has 0 unspecified atom stereocenters. The van der Waals surface area contributed by atoms with Crippen molar-refractivity contribution in [3.63, 3.8) is 0 Å². The number of urea groups is 1. The van der Waals surface area contributed by atoms with Crippen LogP contribution < -0.4 is 10.6 Å². The standard InChI is InChI=1S/C16H36N2O5Si/c1-4-21-24(22-5-2,23-6-3)15-11-13-18-16(20)17-12-9-7-8-10-14-19/h19H,4-15H2,1-3H3,(H2,17,18,20). The molecular weight excluding hydrogens is 328 g/mol. The van der Waals surface area contributed by atoms with Gasteiger partial charge in [0, 0.05) is 45.6 Å². The summed E-state index contributed by atoms with van der Waals surface area (Å²) in [5.41, 5.74) is 0. The van der Waals surface area contributed by atoms with Crippen LogP contribution >= 0.6 is 0 Å². The molecule has 0 heterocycles. The average molecular weight is 365 g/mol. The summed E-state index contributed by atoms with van der Waals surface area (Å²) in [6.45, 7) is 8.97. The van der Waals surface area contributed by atoms with Gasteiger partial charge in [-0.1, -0.05) is 12.8 Å². The number of amides is 2. The topological polar surface area (TPSA) is 89.1 Å². The van der Waals surface area contributed by atoms with Gasteiger partial charge >= 0.3 is 14.8 Å². The third kappa shape index (κ3) is 11.8. The zero-order valence-corrected chi connectivity index (χ0v) is 16.6. The molecule has 0 aliphatic heterocycles. The monoisotopic (exact) mass is 364 g/mol. The van der Waals surface area contributed by atoms with E-state index in [4.69, 9.17) is 18.4 Å². The van der Waals surface area contributed by atoms with E-state index < -0.39 is 8.80 Å². The van der Waals surface area contributed by atoms with Crippen LogP contribution in [-0.2, 0) is 13.3 Å². The third-order valence-electron chi connectivity index (χ3n) is 3.41. The molecule has 0 atom stereocenters. The quantitative estimate of drug-likeness (QED) is 0.289. The van der Waals surface area contributed by atoms with E-state index in [1.54, 1.807) is 0 Å². The molecule has 0 fully saturated rings. The Morgan fingerprint density at radius 1 is 0.833 bits per heavy atom. The van der Waals surface area contributed by atoms with Gasteiger partial charge in [-0.15, -0.1) is 0 Å². The summed E-state index contributed by atoms with van der Waals surface area (Å²) in [5, 5.41) is 14.4. The first-order chi connectivity index (χ1) is 11.6. The van der Waals surface area contributed by atoms with Crippen molar-refractivity contribution in [2.24, 2.45) is 0 Å². The van der Waals surface area contributed by atoms with Crippen LogP contribution in [0.25, 0.3) is 0 Å². The van der Waals surface area contributed by atoms with Crippen molar-refractivity contribution in [1.82, 2.24) is 10.6 Å². The lowest BCUT2D eigenvalue weighted by Crippen LogP contribution is -2.46. The van der Waals surface area contributed by atoms with Gasteiger partial charge in [0.1, 0.15) is 0 Å². The van der Waals surface area contributed by atoms with Crippen LogP contribution in [0.4, 0.5) is 4.79 Å². The third-order valence-corrected chi connectivity index (χ3v) is 6.56. The maximum absolute atomic E-state index is 11.7. The van der Waals surface area contributed by atoms with Crippen LogP contribution in [0.2, 0.25) is 6.04 Å². The van der Waals surface area contributed by atoms with Gasteiger partial charge in [0.2, 0.25) is 0 Å². The van der Waals surface area contributed by atoms with Crippen molar-refractivity contribution in [2.75, 3.05) is 39.5 Å². The van der Waals surface area contributed by atoms with Gasteiger partial charge in [0.05, 0.1) is 0 Å². The van der Waals surface area contributed by atoms with Crippen LogP contribution in [0.15, 0.2) is 0 Å². The highest BCUT2D eigenvalue weighted by molar-refractivity contribution is 6.60. The molecule has 0 saturated heterocycles. The predicted molar refractivity (Wildman–Crippen MR) is 97.0 cm³/mol. The fourth-order valence-corrected chi connectivity index (χ4v) is 4.98. The van der Waals surface area contributed by atoms with Crippen molar-refractivity contribution >= 4 is 14.8 Å². The molecule has 0 rings (SSSR count). The first-order valence-corrected chi connectivity index (χ1v) is 11.1. The second-order valence-corrected chi connectivity index (χ2v) is 8.14. The average Bonchev–Trinajstić information content (AvgIpc) is 2.56. The summed E-state index contributed by atoms with van der Waals surface area (Å²) in [7, 11) is -2.60. The Bertz CT molecular complexity index is 291. The van der Waals surface area contributed by atoms with Crippen LogP contribution in [0.3, 0.4) is 0 Å². The van der Waals surface area contributed by atoms with Crippen molar-refractivity contribution < 1.29 is 23.2 Å². The molecule has 2 amide bonds. The zero-order chi connectivity index (χ0) is 18.1. The van der Waals surface area contributed by atoms with Gasteiger partial charge in [-0.3, -0.25) is 0 Å². The zero-order valence-electron chi connectivity index (χ0n) is 15.6. The Labute approximate surface area is 147 Å². The second kappa shape index (κ2) is 15.8. The fraction of sp³-hybridized carbons (Fsp3) is 0.938. The number of aliphatic hydroxyl groups excluding tert-OH is 1. The van der Waals surface area contributed by atoms with E-state index in [0.717, 1.165) is 32.1 Å². The minimum Gasteiger partial charge on any atom is -0.396 e. The largest absolute Gasteiger partial charge is 0.500 e. The Morgan fingerprint density at radius 3 is 1.83 bits per heavy atom. The number of hydrogen-bond donors (Lipinski definition) is 3. The van der Waals surface area contributed by atoms with Crippen molar-refractivity contribution in [1.29, 1.82) is 0 Å². The van der Waals surface area contributed by atoms with Crippen molar-refractivity contribution in [3.05, 3.63) is 0 Å². The maximum Gasteiger partial charge on any atom is 0.500 e. The molecule has 7 nitrogen and oxygen atoms in total. The predicted octanol–water partition coefficient (Wildman–Crippen LogP) is 2.28. The van der Waals surface area contributed by atoms with Gasteiger partial charge in [-0.2, -0.15) is 0 Å². The Hall–Kier alpha value is -0.673. The van der Waals surface area contributed by atoms with E-state index in [0.29, 0.717) is 39.0 Å². The van der Waals surface area contributed by atoms with E-state index in [9.17, 15) is 4.79 Å². The normalized spacial score (nSPS) is 11.5. The molecule has 3 N–H and O–H groups in total. The van der Waals surface area contributed by atoms with E-state index in [1.807, 2.05) is 20.8 Å². The number of nitrogens with one attached hydrogen (secondary N) is 2. The summed E-state index contributed by atoms with van der Waals surface area (Å²) in [6, 6.07) is 0.554. The summed E-state index contributed by atoms with van der Waals surface area (Å²) < 4.78 is 17.3. The first-order valence-electron chi connectivity index (χ1n) is 9.18. The number of carbonyl (C=O) groups is 1. The van der Waals surface area contributed by atoms with E-state index in [1.165, 1.54) is 0 Å². The smallest absolute Gasteiger partial charge is 0.396 e. The van der Waals surface area contributed by atoms with Gasteiger partial charge in [-0.05, 0) is 40.0 Å². The Morgan fingerprint density at radius 2 is 1.33 bits per heavy atom. The van der Waals surface area contributed by atoms with Gasteiger partial charge in [-0.25, -0.2) is 4.79 Å². The summed E-state index contributed by atoms with van der Waals surface area (Å²) in [6.07, 6.45) is 4.54. The van der Waals surface area contributed by atoms with Crippen LogP contribution in [-0.4, -0.2) is 59.5 Å². The molecule has 0 aromatic carbocycles. The Kier molecular flexibility index (Phi) is 15.4. The second-order valence-electron chi connectivity index (χ2n) is 5.41. The highest BCUT2D eigenvalue weighted by atomic mass is 28.4. The van der Waals surface area contributed by atoms with Crippen LogP contribution in [0.1, 0.15) is 52.9 Å². The number of aliphatic hydroxyl groups is 1. The minimum absolute atomic E-state index is 0.145. The van der Waals surface area contributed by atoms with E-state index >= 15 is 0 Å². The molecule has 0 aliphatic rings. The van der Waals surface area contributed by atoms with Crippen LogP contribution in [0.5, 0.6) is 0 Å². The molecule has 0 aromatic rings. The van der Waals surface area contributed by atoms with Crippen molar-refractivity contribution in [3.8, 4) is 0 Å². The summed E-state index contributed by atoms with van der Waals surface area (Å²) in [5.74, 6) is 0. The molecule has 8 heteroatoms. The highest BCUT2D eigenvalue weighted by Gasteiger charge is 2.39. The number of unbranched alkanes of at least 4 members (excludes halogenated alkanes) is 3. The molecule has 144 valence electrons. The molecule has 0 saturated carbocycles. The molecule has 0 bridgehead atoms. The number of carbonyl (C=O) groups excluding carboxylic acids is 1. The molecule has 0 radical (unpaired) electrons. The highest BCUT2D eigenvalue weighted by Crippen LogP contribution is 2.17. The maximum atomic E-state index is 11.7. The summed E-state index contributed by atoms with van der Waals surface area (Å²) >= 11 is 0. The minimum atomic E-state index is -2.60. The summed E-state index contributed by atoms with van der Waals surface area (Å²) in [4.78, 5) is 11.7. The van der Waals surface area contributed by atoms with Crippen molar-refractivity contribution in [2.45, 2.75) is 58.9 Å².